The number of rotatable bonds is 0. The van der Waals surface area contributed by atoms with E-state index in [9.17, 15) is 9.90 Å². The van der Waals surface area contributed by atoms with E-state index in [1.54, 1.807) is 0 Å². The maximum absolute atomic E-state index is 12.1. The molecule has 3 heterocycles. The highest BCUT2D eigenvalue weighted by atomic mass is 16.4. The first kappa shape index (κ1) is 26.2. The fourth-order valence-electron chi connectivity index (χ4n) is 5.95. The molecule has 2 aliphatic heterocycles. The molecule has 1 saturated heterocycles. The van der Waals surface area contributed by atoms with Gasteiger partial charge in [-0.3, -0.25) is 4.90 Å². The van der Waals surface area contributed by atoms with Crippen molar-refractivity contribution in [3.63, 3.8) is 0 Å². The minimum Gasteiger partial charge on any atom is -0.465 e. The summed E-state index contributed by atoms with van der Waals surface area (Å²) in [7, 11) is 0. The number of anilines is 2. The van der Waals surface area contributed by atoms with E-state index < -0.39 is 6.09 Å². The monoisotopic (exact) mass is 512 g/mol. The van der Waals surface area contributed by atoms with Gasteiger partial charge < -0.3 is 20.7 Å². The lowest BCUT2D eigenvalue weighted by Crippen LogP contribution is -2.43. The van der Waals surface area contributed by atoms with Crippen LogP contribution in [0, 0.1) is 17.8 Å². The van der Waals surface area contributed by atoms with Crippen LogP contribution >= 0.6 is 0 Å². The van der Waals surface area contributed by atoms with Crippen LogP contribution in [0.1, 0.15) is 69.0 Å². The van der Waals surface area contributed by atoms with Crippen molar-refractivity contribution in [1.82, 2.24) is 10.3 Å². The second kappa shape index (κ2) is 12.9. The summed E-state index contributed by atoms with van der Waals surface area (Å²) in [6.45, 7) is 2.25. The molecule has 0 spiro atoms. The van der Waals surface area contributed by atoms with Crippen LogP contribution in [-0.4, -0.2) is 41.9 Å². The van der Waals surface area contributed by atoms with Crippen LogP contribution < -0.4 is 15.5 Å². The summed E-state index contributed by atoms with van der Waals surface area (Å²) >= 11 is 0. The highest BCUT2D eigenvalue weighted by Gasteiger charge is 2.25. The van der Waals surface area contributed by atoms with E-state index in [0.29, 0.717) is 17.6 Å². The Morgan fingerprint density at radius 1 is 0.947 bits per heavy atom. The van der Waals surface area contributed by atoms with Gasteiger partial charge in [0.05, 0.1) is 12.2 Å². The molecule has 38 heavy (non-hydrogen) atoms. The van der Waals surface area contributed by atoms with Gasteiger partial charge in [-0.15, -0.1) is 0 Å². The number of hydrogen-bond donors (Lipinski definition) is 4. The number of H-pyrrole nitrogens is 1. The number of aromatic amines is 1. The zero-order chi connectivity index (χ0) is 26.2. The molecular weight excluding hydrogens is 472 g/mol. The van der Waals surface area contributed by atoms with Crippen molar-refractivity contribution in [3.8, 4) is 11.8 Å². The van der Waals surface area contributed by atoms with Gasteiger partial charge in [-0.25, -0.2) is 4.79 Å². The molecule has 1 fully saturated rings. The summed E-state index contributed by atoms with van der Waals surface area (Å²) in [6, 6.07) is 16.8. The molecule has 1 aromatic heterocycles. The Bertz CT molecular complexity index is 1290. The first-order valence-corrected chi connectivity index (χ1v) is 14.3. The van der Waals surface area contributed by atoms with Crippen LogP contribution in [0.2, 0.25) is 0 Å². The smallest absolute Gasteiger partial charge is 0.412 e. The van der Waals surface area contributed by atoms with Crippen molar-refractivity contribution in [2.24, 2.45) is 5.92 Å². The van der Waals surface area contributed by atoms with Gasteiger partial charge in [0, 0.05) is 28.3 Å². The Morgan fingerprint density at radius 3 is 2.63 bits per heavy atom. The standard InChI is InChI=1S/C32H40N4O2/c37-32(38)36-20-10-14-26-22-28-30(34-26)16-9-17-31(28)35-29-18-19-33-23-25(29)13-7-5-3-1-2-4-6-11-24-12-8-15-27(36)21-24/h8-9,12,15-17,21-22,25,29,33-35H,1-7,11,13,18-20,23H2,(H,37,38). The number of piperidine rings is 1. The zero-order valence-corrected chi connectivity index (χ0v) is 22.3. The van der Waals surface area contributed by atoms with Crippen LogP contribution in [0.15, 0.2) is 48.5 Å². The number of carbonyl (C=O) groups is 1. The van der Waals surface area contributed by atoms with Crippen LogP contribution in [0.3, 0.4) is 0 Å². The topological polar surface area (TPSA) is 80.4 Å². The summed E-state index contributed by atoms with van der Waals surface area (Å²) in [4.78, 5) is 16.8. The lowest BCUT2D eigenvalue weighted by Gasteiger charge is -2.34. The molecule has 2 unspecified atom stereocenters. The molecule has 5 rings (SSSR count). The van der Waals surface area contributed by atoms with Gasteiger partial charge in [0.1, 0.15) is 0 Å². The van der Waals surface area contributed by atoms with Crippen molar-refractivity contribution in [2.45, 2.75) is 70.3 Å². The molecule has 200 valence electrons. The van der Waals surface area contributed by atoms with Gasteiger partial charge in [-0.1, -0.05) is 62.6 Å². The SMILES string of the molecule is O=C(O)N1CC#Cc2cc3c(cccc3[nH]2)NC2CCNCC2CCCCCCCCCc2cccc1c2. The molecule has 3 aromatic rings. The largest absolute Gasteiger partial charge is 0.465 e. The molecule has 0 saturated carbocycles. The van der Waals surface area contributed by atoms with Gasteiger partial charge in [-0.05, 0) is 86.5 Å². The summed E-state index contributed by atoms with van der Waals surface area (Å²) in [5.41, 5.74) is 4.86. The van der Waals surface area contributed by atoms with E-state index in [2.05, 4.69) is 57.8 Å². The molecule has 4 N–H and O–H groups in total. The molecule has 1 amide bonds. The Labute approximate surface area is 226 Å². The van der Waals surface area contributed by atoms with Crippen LogP contribution in [0.4, 0.5) is 16.2 Å². The fraction of sp³-hybridized carbons (Fsp3) is 0.469. The quantitative estimate of drug-likeness (QED) is 0.251. The molecule has 0 aliphatic carbocycles. The van der Waals surface area contributed by atoms with E-state index in [0.717, 1.165) is 54.6 Å². The number of hydrogen-bond acceptors (Lipinski definition) is 3. The van der Waals surface area contributed by atoms with E-state index in [4.69, 9.17) is 0 Å². The van der Waals surface area contributed by atoms with Gasteiger partial charge in [0.15, 0.2) is 0 Å². The predicted octanol–water partition coefficient (Wildman–Crippen LogP) is 6.77. The van der Waals surface area contributed by atoms with Gasteiger partial charge in [-0.2, -0.15) is 0 Å². The minimum atomic E-state index is -0.985. The van der Waals surface area contributed by atoms with Crippen molar-refractivity contribution >= 4 is 28.4 Å². The van der Waals surface area contributed by atoms with E-state index >= 15 is 0 Å². The Kier molecular flexibility index (Phi) is 8.88. The highest BCUT2D eigenvalue weighted by Crippen LogP contribution is 2.29. The number of fused-ring (bicyclic) bond motifs is 4. The highest BCUT2D eigenvalue weighted by molar-refractivity contribution is 5.93. The third-order valence-electron chi connectivity index (χ3n) is 8.07. The number of aryl methyl sites for hydroxylation is 1. The fourth-order valence-corrected chi connectivity index (χ4v) is 5.95. The van der Waals surface area contributed by atoms with E-state index in [1.807, 2.05) is 18.2 Å². The normalized spacial score (nSPS) is 21.6. The zero-order valence-electron chi connectivity index (χ0n) is 22.3. The summed E-state index contributed by atoms with van der Waals surface area (Å²) in [5, 5.41) is 18.5. The third kappa shape index (κ3) is 6.71. The number of amides is 1. The lowest BCUT2D eigenvalue weighted by molar-refractivity contribution is 0.202. The number of benzene rings is 2. The Balaban J connectivity index is 1.40. The van der Waals surface area contributed by atoms with Crippen molar-refractivity contribution in [3.05, 3.63) is 59.8 Å². The predicted molar refractivity (Wildman–Crippen MR) is 156 cm³/mol. The average Bonchev–Trinajstić information content (AvgIpc) is 3.34. The van der Waals surface area contributed by atoms with Crippen LogP contribution in [0.5, 0.6) is 0 Å². The van der Waals surface area contributed by atoms with Crippen LogP contribution in [-0.2, 0) is 6.42 Å². The maximum atomic E-state index is 12.1. The maximum Gasteiger partial charge on any atom is 0.412 e. The molecule has 2 aromatic carbocycles. The number of carboxylic acid groups (broad SMARTS) is 1. The Hall–Kier alpha value is -3.43. The van der Waals surface area contributed by atoms with E-state index in [-0.39, 0.29) is 6.54 Å². The number of nitrogens with zero attached hydrogens (tertiary/aromatic N) is 1. The molecule has 2 aliphatic rings. The van der Waals surface area contributed by atoms with Gasteiger partial charge in [0.25, 0.3) is 0 Å². The first-order valence-electron chi connectivity index (χ1n) is 14.3. The summed E-state index contributed by atoms with van der Waals surface area (Å²) < 4.78 is 0. The molecule has 0 radical (unpaired) electrons. The molecule has 4 bridgehead atoms. The van der Waals surface area contributed by atoms with Gasteiger partial charge >= 0.3 is 6.09 Å². The summed E-state index contributed by atoms with van der Waals surface area (Å²) in [6.07, 6.45) is 11.2. The number of nitrogens with one attached hydrogen (secondary N) is 3. The average molecular weight is 513 g/mol. The third-order valence-corrected chi connectivity index (χ3v) is 8.07. The first-order chi connectivity index (χ1) is 18.7. The summed E-state index contributed by atoms with van der Waals surface area (Å²) in [5.74, 6) is 6.90. The van der Waals surface area contributed by atoms with Gasteiger partial charge in [0.2, 0.25) is 0 Å². The second-order valence-electron chi connectivity index (χ2n) is 10.8. The van der Waals surface area contributed by atoms with E-state index in [1.165, 1.54) is 55.4 Å². The van der Waals surface area contributed by atoms with Crippen molar-refractivity contribution in [1.29, 1.82) is 0 Å². The lowest BCUT2D eigenvalue weighted by atomic mass is 9.88. The molecule has 6 nitrogen and oxygen atoms in total. The second-order valence-corrected chi connectivity index (χ2v) is 10.8. The molecular formula is C32H40N4O2. The van der Waals surface area contributed by atoms with Crippen molar-refractivity contribution < 1.29 is 9.90 Å². The Morgan fingerprint density at radius 2 is 1.76 bits per heavy atom. The minimum absolute atomic E-state index is 0.121. The number of aromatic nitrogens is 1. The molecule has 6 heteroatoms. The van der Waals surface area contributed by atoms with Crippen molar-refractivity contribution in [2.75, 3.05) is 29.9 Å². The molecule has 2 atom stereocenters. The van der Waals surface area contributed by atoms with Crippen LogP contribution in [0.25, 0.3) is 10.9 Å².